The highest BCUT2D eigenvalue weighted by molar-refractivity contribution is 5.96. The Balaban J connectivity index is 1.31. The van der Waals surface area contributed by atoms with E-state index in [1.54, 1.807) is 20.8 Å². The van der Waals surface area contributed by atoms with E-state index in [-0.39, 0.29) is 31.2 Å². The molecule has 0 bridgehead atoms. The van der Waals surface area contributed by atoms with E-state index >= 15 is 0 Å². The molecule has 1 saturated carbocycles. The molecule has 1 aromatic heterocycles. The van der Waals surface area contributed by atoms with Crippen LogP contribution in [0.15, 0.2) is 36.4 Å². The van der Waals surface area contributed by atoms with Gasteiger partial charge in [0.25, 0.3) is 5.88 Å². The van der Waals surface area contributed by atoms with Crippen LogP contribution in [0.4, 0.5) is 10.6 Å². The lowest BCUT2D eigenvalue weighted by atomic mass is 10.0. The molecule has 2 aromatic rings. The minimum absolute atomic E-state index is 0.0177. The number of allylic oxidation sites excluding steroid dienone is 1. The fourth-order valence-electron chi connectivity index (χ4n) is 6.79. The van der Waals surface area contributed by atoms with Crippen LogP contribution >= 0.6 is 0 Å². The maximum absolute atomic E-state index is 14.3. The molecule has 4 heterocycles. The average Bonchev–Trinajstić information content (AvgIpc) is 3.60. The first-order valence-corrected chi connectivity index (χ1v) is 17.2. The Morgan fingerprint density at radius 3 is 2.53 bits per heavy atom. The molecule has 3 amide bonds. The highest BCUT2D eigenvalue weighted by Gasteiger charge is 2.61. The number of fused-ring (bicyclic) bond motifs is 3. The van der Waals surface area contributed by atoms with Crippen LogP contribution in [-0.2, 0) is 23.9 Å². The zero-order valence-corrected chi connectivity index (χ0v) is 28.4. The van der Waals surface area contributed by atoms with E-state index in [1.807, 2.05) is 41.3 Å². The minimum atomic E-state index is -1.44. The van der Waals surface area contributed by atoms with E-state index in [9.17, 15) is 24.3 Å². The second-order valence-corrected chi connectivity index (χ2v) is 14.3. The first-order chi connectivity index (χ1) is 23.4. The zero-order chi connectivity index (χ0) is 34.8. The number of para-hydroxylation sites is 2. The van der Waals surface area contributed by atoms with Gasteiger partial charge >= 0.3 is 12.1 Å². The highest BCUT2D eigenvalue weighted by atomic mass is 16.6. The standard InChI is InChI=1S/C35H46N6O8/c1-34(2,3)49-33(46)38-26-14-8-6-4-5-7-11-22-20-35(22,32(44)45)39-29(42)27-19-23(21-41(27)31(26)43)48-30-28(40-15-17-47-18-16-40)36-24-12-9-10-13-25(24)37-30/h7,9-13,22-23,26-27H,4-6,8,14-21H2,1-3H3,(H,38,46)(H,39,42)(H,44,45)/b11-7-/t22?,23-,26-,27?,35?/m1/s1. The van der Waals surface area contributed by atoms with E-state index in [4.69, 9.17) is 24.2 Å². The number of nitrogens with zero attached hydrogens (tertiary/aromatic N) is 4. The summed E-state index contributed by atoms with van der Waals surface area (Å²) < 4.78 is 17.6. The van der Waals surface area contributed by atoms with Crippen LogP contribution in [0.5, 0.6) is 5.88 Å². The summed E-state index contributed by atoms with van der Waals surface area (Å²) in [6, 6.07) is 5.46. The first-order valence-electron chi connectivity index (χ1n) is 17.2. The van der Waals surface area contributed by atoms with Crippen LogP contribution in [0.25, 0.3) is 11.0 Å². The maximum atomic E-state index is 14.3. The molecule has 6 rings (SSSR count). The van der Waals surface area contributed by atoms with Crippen molar-refractivity contribution >= 4 is 40.7 Å². The Morgan fingerprint density at radius 2 is 1.82 bits per heavy atom. The van der Waals surface area contributed by atoms with Gasteiger partial charge in [-0.15, -0.1) is 0 Å². The molecular formula is C35H46N6O8. The fourth-order valence-corrected chi connectivity index (χ4v) is 6.79. The highest BCUT2D eigenvalue weighted by Crippen LogP contribution is 2.45. The molecule has 2 saturated heterocycles. The number of carbonyl (C=O) groups excluding carboxylic acids is 3. The molecule has 3 unspecified atom stereocenters. The molecule has 0 spiro atoms. The number of carboxylic acid groups (broad SMARTS) is 1. The predicted molar refractivity (Wildman–Crippen MR) is 179 cm³/mol. The van der Waals surface area contributed by atoms with Crippen LogP contribution < -0.4 is 20.3 Å². The molecule has 14 nitrogen and oxygen atoms in total. The number of hydrogen-bond acceptors (Lipinski definition) is 10. The molecule has 1 aliphatic carbocycles. The number of hydrogen-bond donors (Lipinski definition) is 3. The number of carboxylic acids is 1. The first kappa shape index (κ1) is 34.4. The van der Waals surface area contributed by atoms with Crippen LogP contribution in [-0.4, -0.2) is 106 Å². The van der Waals surface area contributed by atoms with Gasteiger partial charge in [0.05, 0.1) is 30.8 Å². The fraction of sp³-hybridized carbons (Fsp3) is 0.600. The molecule has 49 heavy (non-hydrogen) atoms. The smallest absolute Gasteiger partial charge is 0.408 e. The van der Waals surface area contributed by atoms with Gasteiger partial charge in [-0.3, -0.25) is 9.59 Å². The van der Waals surface area contributed by atoms with Crippen molar-refractivity contribution in [1.29, 1.82) is 0 Å². The molecule has 14 heteroatoms. The molecule has 3 aliphatic heterocycles. The Labute approximate surface area is 285 Å². The van der Waals surface area contributed by atoms with Crippen molar-refractivity contribution in [2.45, 2.75) is 95.0 Å². The Morgan fingerprint density at radius 1 is 1.08 bits per heavy atom. The Hall–Kier alpha value is -4.46. The van der Waals surface area contributed by atoms with Gasteiger partial charge in [-0.2, -0.15) is 0 Å². The summed E-state index contributed by atoms with van der Waals surface area (Å²) in [5, 5.41) is 15.7. The van der Waals surface area contributed by atoms with Crippen molar-refractivity contribution in [1.82, 2.24) is 25.5 Å². The maximum Gasteiger partial charge on any atom is 0.408 e. The lowest BCUT2D eigenvalue weighted by Gasteiger charge is -2.30. The molecule has 4 aliphatic rings. The number of alkyl carbamates (subject to hydrolysis) is 1. The third-order valence-electron chi connectivity index (χ3n) is 9.42. The van der Waals surface area contributed by atoms with Crippen LogP contribution in [0, 0.1) is 5.92 Å². The number of aromatic nitrogens is 2. The third-order valence-corrected chi connectivity index (χ3v) is 9.42. The number of ether oxygens (including phenoxy) is 3. The molecular weight excluding hydrogens is 632 g/mol. The summed E-state index contributed by atoms with van der Waals surface area (Å²) in [7, 11) is 0. The van der Waals surface area contributed by atoms with Crippen molar-refractivity contribution in [3.63, 3.8) is 0 Å². The van der Waals surface area contributed by atoms with Gasteiger partial charge in [-0.05, 0) is 58.6 Å². The van der Waals surface area contributed by atoms with Crippen molar-refractivity contribution in [3.05, 3.63) is 36.4 Å². The van der Waals surface area contributed by atoms with Crippen LogP contribution in [0.1, 0.15) is 65.7 Å². The van der Waals surface area contributed by atoms with E-state index in [0.29, 0.717) is 56.0 Å². The normalized spacial score (nSPS) is 28.7. The van der Waals surface area contributed by atoms with Gasteiger partial charge in [-0.1, -0.05) is 37.1 Å². The molecule has 5 atom stereocenters. The summed E-state index contributed by atoms with van der Waals surface area (Å²) in [6.07, 6.45) is 6.17. The van der Waals surface area contributed by atoms with Crippen molar-refractivity contribution in [2.24, 2.45) is 5.92 Å². The minimum Gasteiger partial charge on any atom is -0.479 e. The quantitative estimate of drug-likeness (QED) is 0.397. The molecule has 3 N–H and O–H groups in total. The monoisotopic (exact) mass is 678 g/mol. The third kappa shape index (κ3) is 7.90. The topological polar surface area (TPSA) is 173 Å². The lowest BCUT2D eigenvalue weighted by molar-refractivity contribution is -0.145. The number of rotatable bonds is 5. The largest absolute Gasteiger partial charge is 0.479 e. The second kappa shape index (κ2) is 14.2. The van der Waals surface area contributed by atoms with Gasteiger partial charge in [0, 0.05) is 25.4 Å². The SMILES string of the molecule is CC(C)(C)OC(=O)N[C@@H]1CCCCC/C=C\C2CC2(C(=O)O)NC(=O)C2C[C@@H](Oc3nc4ccccc4nc3N3CCOCC3)CN2C1=O. The number of anilines is 1. The number of nitrogens with one attached hydrogen (secondary N) is 2. The number of aliphatic carboxylic acids is 1. The molecule has 3 fully saturated rings. The van der Waals surface area contributed by atoms with Crippen molar-refractivity contribution in [2.75, 3.05) is 37.7 Å². The summed E-state index contributed by atoms with van der Waals surface area (Å²) in [5.74, 6) is -1.68. The lowest BCUT2D eigenvalue weighted by Crippen LogP contribution is -2.56. The molecule has 0 radical (unpaired) electrons. The average molecular weight is 679 g/mol. The summed E-state index contributed by atoms with van der Waals surface area (Å²) in [5.41, 5.74) is -0.885. The summed E-state index contributed by atoms with van der Waals surface area (Å²) in [4.78, 5) is 66.9. The van der Waals surface area contributed by atoms with Gasteiger partial charge in [0.1, 0.15) is 29.3 Å². The Kier molecular flexibility index (Phi) is 9.96. The van der Waals surface area contributed by atoms with E-state index in [0.717, 1.165) is 19.3 Å². The van der Waals surface area contributed by atoms with E-state index in [1.165, 1.54) is 4.90 Å². The summed E-state index contributed by atoms with van der Waals surface area (Å²) in [6.45, 7) is 7.47. The Bertz CT molecular complexity index is 1600. The molecule has 264 valence electrons. The van der Waals surface area contributed by atoms with Gasteiger partial charge in [0.15, 0.2) is 5.82 Å². The van der Waals surface area contributed by atoms with Crippen molar-refractivity contribution in [3.8, 4) is 5.88 Å². The number of benzene rings is 1. The predicted octanol–water partition coefficient (Wildman–Crippen LogP) is 3.19. The van der Waals surface area contributed by atoms with Crippen molar-refractivity contribution < 1.29 is 38.5 Å². The number of amides is 3. The zero-order valence-electron chi connectivity index (χ0n) is 28.4. The number of carbonyl (C=O) groups is 4. The summed E-state index contributed by atoms with van der Waals surface area (Å²) >= 11 is 0. The molecule has 1 aromatic carbocycles. The van der Waals surface area contributed by atoms with E-state index in [2.05, 4.69) is 10.6 Å². The second-order valence-electron chi connectivity index (χ2n) is 14.3. The van der Waals surface area contributed by atoms with Gasteiger partial charge in [0.2, 0.25) is 11.8 Å². The van der Waals surface area contributed by atoms with Gasteiger partial charge < -0.3 is 39.8 Å². The van der Waals surface area contributed by atoms with Crippen LogP contribution in [0.3, 0.4) is 0 Å². The van der Waals surface area contributed by atoms with E-state index < -0.39 is 53.2 Å². The van der Waals surface area contributed by atoms with Crippen LogP contribution in [0.2, 0.25) is 0 Å². The number of morpholine rings is 1. The van der Waals surface area contributed by atoms with Gasteiger partial charge in [-0.25, -0.2) is 19.6 Å².